The van der Waals surface area contributed by atoms with Crippen LogP contribution in [0.3, 0.4) is 0 Å². The molecule has 2 heterocycles. The molecule has 1 aliphatic rings. The second kappa shape index (κ2) is 6.29. The van der Waals surface area contributed by atoms with Crippen molar-refractivity contribution in [3.05, 3.63) is 35.5 Å². The standard InChI is InChI=1S/C18H19N3O5/c1-18(2)16(22)15(20-26-18)10-6-7-14(24-4)11(8-10)13-9-12(17(23)25-5)19-21(13)3/h6-9H,1-5H3. The SMILES string of the molecule is COC(=O)c1cc(-c2cc(C3=NOC(C)(C)C3=O)ccc2OC)n(C)n1. The Morgan fingerprint density at radius 3 is 2.54 bits per heavy atom. The summed E-state index contributed by atoms with van der Waals surface area (Å²) in [5, 5.41) is 8.09. The first kappa shape index (κ1) is 17.7. The molecule has 0 amide bonds. The zero-order chi connectivity index (χ0) is 19.1. The van der Waals surface area contributed by atoms with Gasteiger partial charge in [-0.3, -0.25) is 9.48 Å². The highest BCUT2D eigenvalue weighted by molar-refractivity contribution is 6.49. The summed E-state index contributed by atoms with van der Waals surface area (Å²) >= 11 is 0. The minimum absolute atomic E-state index is 0.177. The van der Waals surface area contributed by atoms with Crippen molar-refractivity contribution in [2.45, 2.75) is 19.4 Å². The largest absolute Gasteiger partial charge is 0.496 e. The zero-order valence-corrected chi connectivity index (χ0v) is 15.2. The van der Waals surface area contributed by atoms with Crippen LogP contribution in [-0.2, 0) is 21.4 Å². The van der Waals surface area contributed by atoms with E-state index in [2.05, 4.69) is 10.3 Å². The van der Waals surface area contributed by atoms with Crippen molar-refractivity contribution in [2.75, 3.05) is 14.2 Å². The van der Waals surface area contributed by atoms with Crippen molar-refractivity contribution in [1.29, 1.82) is 0 Å². The van der Waals surface area contributed by atoms with Gasteiger partial charge in [-0.05, 0) is 38.1 Å². The van der Waals surface area contributed by atoms with E-state index < -0.39 is 11.6 Å². The molecular weight excluding hydrogens is 338 g/mol. The summed E-state index contributed by atoms with van der Waals surface area (Å²) in [5.41, 5.74) is 1.33. The zero-order valence-electron chi connectivity index (χ0n) is 15.2. The highest BCUT2D eigenvalue weighted by Crippen LogP contribution is 2.33. The molecule has 1 aromatic carbocycles. The molecule has 8 nitrogen and oxygen atoms in total. The van der Waals surface area contributed by atoms with Crippen molar-refractivity contribution in [1.82, 2.24) is 9.78 Å². The molecule has 1 aromatic heterocycles. The summed E-state index contributed by atoms with van der Waals surface area (Å²) in [6.07, 6.45) is 0. The third kappa shape index (κ3) is 2.83. The Balaban J connectivity index is 2.09. The topological polar surface area (TPSA) is 92.0 Å². The molecule has 1 aliphatic heterocycles. The number of hydrogen-bond donors (Lipinski definition) is 0. The van der Waals surface area contributed by atoms with Gasteiger partial charge in [0.2, 0.25) is 5.78 Å². The number of oxime groups is 1. The molecule has 0 atom stereocenters. The number of aryl methyl sites for hydroxylation is 1. The second-order valence-electron chi connectivity index (χ2n) is 6.32. The fourth-order valence-corrected chi connectivity index (χ4v) is 2.69. The molecule has 0 saturated carbocycles. The molecule has 0 saturated heterocycles. The van der Waals surface area contributed by atoms with Gasteiger partial charge in [-0.25, -0.2) is 4.79 Å². The second-order valence-corrected chi connectivity index (χ2v) is 6.32. The van der Waals surface area contributed by atoms with Crippen LogP contribution in [0.2, 0.25) is 0 Å². The van der Waals surface area contributed by atoms with Crippen molar-refractivity contribution in [2.24, 2.45) is 12.2 Å². The van der Waals surface area contributed by atoms with Crippen molar-refractivity contribution >= 4 is 17.5 Å². The fraction of sp³-hybridized carbons (Fsp3) is 0.333. The average molecular weight is 357 g/mol. The van der Waals surface area contributed by atoms with E-state index in [9.17, 15) is 9.59 Å². The normalized spacial score (nSPS) is 15.4. The summed E-state index contributed by atoms with van der Waals surface area (Å²) < 4.78 is 11.7. The molecule has 0 spiro atoms. The van der Waals surface area contributed by atoms with Crippen molar-refractivity contribution in [3.63, 3.8) is 0 Å². The highest BCUT2D eigenvalue weighted by Gasteiger charge is 2.40. The number of Topliss-reactive ketones (excluding diaryl/α,β-unsaturated/α-hetero) is 1. The maximum Gasteiger partial charge on any atom is 0.358 e. The molecule has 2 aromatic rings. The van der Waals surface area contributed by atoms with E-state index in [1.54, 1.807) is 57.0 Å². The van der Waals surface area contributed by atoms with Crippen LogP contribution in [-0.4, -0.2) is 47.1 Å². The Morgan fingerprint density at radius 2 is 1.96 bits per heavy atom. The Labute approximate surface area is 150 Å². The van der Waals surface area contributed by atoms with E-state index in [-0.39, 0.29) is 17.2 Å². The minimum atomic E-state index is -0.986. The van der Waals surface area contributed by atoms with Crippen molar-refractivity contribution < 1.29 is 23.9 Å². The molecular formula is C18H19N3O5. The highest BCUT2D eigenvalue weighted by atomic mass is 16.7. The number of carbonyl (C=O) groups excluding carboxylic acids is 2. The lowest BCUT2D eigenvalue weighted by molar-refractivity contribution is -0.128. The van der Waals surface area contributed by atoms with Crippen LogP contribution < -0.4 is 4.74 Å². The van der Waals surface area contributed by atoms with Gasteiger partial charge >= 0.3 is 5.97 Å². The fourth-order valence-electron chi connectivity index (χ4n) is 2.69. The van der Waals surface area contributed by atoms with Gasteiger partial charge in [-0.1, -0.05) is 5.16 Å². The average Bonchev–Trinajstić information content (AvgIpc) is 3.14. The van der Waals surface area contributed by atoms with Gasteiger partial charge in [0.05, 0.1) is 19.9 Å². The van der Waals surface area contributed by atoms with Crippen LogP contribution in [0.1, 0.15) is 29.9 Å². The Morgan fingerprint density at radius 1 is 1.23 bits per heavy atom. The van der Waals surface area contributed by atoms with Crippen LogP contribution in [0.25, 0.3) is 11.3 Å². The quantitative estimate of drug-likeness (QED) is 0.777. The third-order valence-electron chi connectivity index (χ3n) is 4.15. The first-order chi connectivity index (χ1) is 12.3. The lowest BCUT2D eigenvalue weighted by Gasteiger charge is -2.13. The van der Waals surface area contributed by atoms with E-state index in [0.717, 1.165) is 0 Å². The van der Waals surface area contributed by atoms with E-state index in [1.807, 2.05) is 0 Å². The summed E-state index contributed by atoms with van der Waals surface area (Å²) in [6.45, 7) is 3.33. The van der Waals surface area contributed by atoms with Gasteiger partial charge in [-0.15, -0.1) is 0 Å². The Kier molecular flexibility index (Phi) is 4.27. The smallest absolute Gasteiger partial charge is 0.358 e. The molecule has 0 aliphatic carbocycles. The molecule has 0 bridgehead atoms. The number of hydrogen-bond acceptors (Lipinski definition) is 7. The molecule has 0 N–H and O–H groups in total. The van der Waals surface area contributed by atoms with Crippen molar-refractivity contribution in [3.8, 4) is 17.0 Å². The predicted molar refractivity (Wildman–Crippen MR) is 93.2 cm³/mol. The van der Waals surface area contributed by atoms with Gasteiger partial charge < -0.3 is 14.3 Å². The minimum Gasteiger partial charge on any atom is -0.496 e. The van der Waals surface area contributed by atoms with Gasteiger partial charge in [0.25, 0.3) is 0 Å². The summed E-state index contributed by atoms with van der Waals surface area (Å²) in [4.78, 5) is 29.4. The van der Waals surface area contributed by atoms with Gasteiger partial charge in [0.1, 0.15) is 5.75 Å². The van der Waals surface area contributed by atoms with Crippen LogP contribution in [0, 0.1) is 0 Å². The molecule has 0 radical (unpaired) electrons. The van der Waals surface area contributed by atoms with Crippen LogP contribution >= 0.6 is 0 Å². The Hall–Kier alpha value is -3.16. The van der Waals surface area contributed by atoms with E-state index in [1.165, 1.54) is 7.11 Å². The predicted octanol–water partition coefficient (Wildman–Crippen LogP) is 1.96. The molecule has 136 valence electrons. The molecule has 8 heteroatoms. The maximum atomic E-state index is 12.5. The van der Waals surface area contributed by atoms with Crippen LogP contribution in [0.5, 0.6) is 5.75 Å². The lowest BCUT2D eigenvalue weighted by atomic mass is 9.94. The maximum absolute atomic E-state index is 12.5. The first-order valence-electron chi connectivity index (χ1n) is 7.90. The summed E-state index contributed by atoms with van der Waals surface area (Å²) in [6, 6.07) is 6.84. The van der Waals surface area contributed by atoms with Crippen LogP contribution in [0.15, 0.2) is 29.4 Å². The number of esters is 1. The lowest BCUT2D eigenvalue weighted by Crippen LogP contribution is -2.33. The van der Waals surface area contributed by atoms with Crippen LogP contribution in [0.4, 0.5) is 0 Å². The number of rotatable bonds is 4. The number of benzene rings is 1. The number of aromatic nitrogens is 2. The van der Waals surface area contributed by atoms with Gasteiger partial charge in [0, 0.05) is 18.2 Å². The van der Waals surface area contributed by atoms with E-state index in [0.29, 0.717) is 22.6 Å². The number of carbonyl (C=O) groups is 2. The first-order valence-corrected chi connectivity index (χ1v) is 7.90. The monoisotopic (exact) mass is 357 g/mol. The number of ketones is 1. The third-order valence-corrected chi connectivity index (χ3v) is 4.15. The number of methoxy groups -OCH3 is 2. The van der Waals surface area contributed by atoms with E-state index >= 15 is 0 Å². The number of nitrogens with zero attached hydrogens (tertiary/aromatic N) is 3. The Bertz CT molecular complexity index is 927. The summed E-state index contributed by atoms with van der Waals surface area (Å²) in [7, 11) is 4.54. The number of ether oxygens (including phenoxy) is 2. The molecule has 0 unspecified atom stereocenters. The molecule has 3 rings (SSSR count). The van der Waals surface area contributed by atoms with Gasteiger partial charge in [0.15, 0.2) is 17.0 Å². The van der Waals surface area contributed by atoms with Gasteiger partial charge in [-0.2, -0.15) is 5.10 Å². The summed E-state index contributed by atoms with van der Waals surface area (Å²) in [5.74, 6) is -0.166. The molecule has 0 fully saturated rings. The van der Waals surface area contributed by atoms with E-state index in [4.69, 9.17) is 14.3 Å². The molecule has 26 heavy (non-hydrogen) atoms.